The van der Waals surface area contributed by atoms with Gasteiger partial charge in [0, 0.05) is 5.56 Å². The lowest BCUT2D eigenvalue weighted by Gasteiger charge is -2.14. The molecule has 0 unspecified atom stereocenters. The van der Waals surface area contributed by atoms with Crippen molar-refractivity contribution in [2.24, 2.45) is 0 Å². The quantitative estimate of drug-likeness (QED) is 0.788. The molecule has 0 atom stereocenters. The third kappa shape index (κ3) is 2.99. The van der Waals surface area contributed by atoms with E-state index >= 15 is 0 Å². The van der Waals surface area contributed by atoms with E-state index in [9.17, 15) is 4.79 Å². The molecule has 0 aliphatic carbocycles. The van der Waals surface area contributed by atoms with Crippen LogP contribution < -0.4 is 14.2 Å². The van der Waals surface area contributed by atoms with Crippen LogP contribution in [-0.4, -0.2) is 27.1 Å². The average molecular weight is 286 g/mol. The van der Waals surface area contributed by atoms with Gasteiger partial charge in [-0.1, -0.05) is 24.3 Å². The van der Waals surface area contributed by atoms with Crippen molar-refractivity contribution < 1.29 is 19.0 Å². The molecule has 0 spiro atoms. The van der Waals surface area contributed by atoms with Gasteiger partial charge in [0.2, 0.25) is 5.75 Å². The monoisotopic (exact) mass is 286 g/mol. The molecule has 2 aromatic carbocycles. The molecular formula is C17H18O4. The van der Waals surface area contributed by atoms with E-state index in [-0.39, 0.29) is 5.78 Å². The normalized spacial score (nSPS) is 10.1. The Morgan fingerprint density at radius 3 is 1.71 bits per heavy atom. The number of Topliss-reactive ketones (excluding diaryl/α,β-unsaturated/α-hetero) is 1. The predicted octanol–water partition coefficient (Wildman–Crippen LogP) is 3.58. The van der Waals surface area contributed by atoms with E-state index in [1.54, 1.807) is 40.4 Å². The Balaban J connectivity index is 2.50. The predicted molar refractivity (Wildman–Crippen MR) is 81.5 cm³/mol. The number of hydrogen-bond acceptors (Lipinski definition) is 4. The first-order valence-electron chi connectivity index (χ1n) is 6.52. The lowest BCUT2D eigenvalue weighted by molar-refractivity contribution is 0.101. The van der Waals surface area contributed by atoms with Gasteiger partial charge in [-0.15, -0.1) is 0 Å². The second-order valence-electron chi connectivity index (χ2n) is 4.55. The van der Waals surface area contributed by atoms with E-state index in [2.05, 4.69) is 0 Å². The lowest BCUT2D eigenvalue weighted by atomic mass is 10.0. The van der Waals surface area contributed by atoms with E-state index in [1.165, 1.54) is 0 Å². The van der Waals surface area contributed by atoms with Gasteiger partial charge in [-0.2, -0.15) is 0 Å². The highest BCUT2D eigenvalue weighted by Crippen LogP contribution is 2.41. The van der Waals surface area contributed by atoms with Crippen LogP contribution in [-0.2, 0) is 0 Å². The minimum atomic E-state index is 0.0476. The molecular weight excluding hydrogens is 268 g/mol. The van der Waals surface area contributed by atoms with Crippen LogP contribution in [0, 0.1) is 0 Å². The number of hydrogen-bond donors (Lipinski definition) is 0. The van der Waals surface area contributed by atoms with Crippen LogP contribution in [0.15, 0.2) is 36.4 Å². The van der Waals surface area contributed by atoms with E-state index in [1.807, 2.05) is 24.3 Å². The van der Waals surface area contributed by atoms with Crippen LogP contribution in [0.3, 0.4) is 0 Å². The van der Waals surface area contributed by atoms with Crippen LogP contribution in [0.2, 0.25) is 0 Å². The molecule has 0 bridgehead atoms. The number of benzene rings is 2. The van der Waals surface area contributed by atoms with Crippen LogP contribution in [0.25, 0.3) is 11.1 Å². The SMILES string of the molecule is COc1cc(-c2ccc(C(C)=O)cc2)cc(OC)c1OC. The summed E-state index contributed by atoms with van der Waals surface area (Å²) in [6.45, 7) is 1.55. The lowest BCUT2D eigenvalue weighted by Crippen LogP contribution is -1.96. The molecule has 110 valence electrons. The number of ketones is 1. The van der Waals surface area contributed by atoms with Gasteiger partial charge >= 0.3 is 0 Å². The Labute approximate surface area is 124 Å². The van der Waals surface area contributed by atoms with Crippen molar-refractivity contribution in [3.63, 3.8) is 0 Å². The molecule has 0 N–H and O–H groups in total. The molecule has 0 amide bonds. The van der Waals surface area contributed by atoms with Crippen molar-refractivity contribution >= 4 is 5.78 Å². The zero-order valence-electron chi connectivity index (χ0n) is 12.6. The van der Waals surface area contributed by atoms with Crippen molar-refractivity contribution in [2.75, 3.05) is 21.3 Å². The van der Waals surface area contributed by atoms with Gasteiger partial charge < -0.3 is 14.2 Å². The highest BCUT2D eigenvalue weighted by molar-refractivity contribution is 5.94. The molecule has 4 nitrogen and oxygen atoms in total. The number of rotatable bonds is 5. The maximum absolute atomic E-state index is 11.3. The summed E-state index contributed by atoms with van der Waals surface area (Å²) in [7, 11) is 4.74. The van der Waals surface area contributed by atoms with Crippen LogP contribution in [0.1, 0.15) is 17.3 Å². The first kappa shape index (κ1) is 14.9. The Morgan fingerprint density at radius 1 is 0.810 bits per heavy atom. The molecule has 0 fully saturated rings. The highest BCUT2D eigenvalue weighted by Gasteiger charge is 2.14. The average Bonchev–Trinajstić information content (AvgIpc) is 2.53. The van der Waals surface area contributed by atoms with Crippen molar-refractivity contribution in [1.29, 1.82) is 0 Å². The fourth-order valence-corrected chi connectivity index (χ4v) is 2.15. The third-order valence-corrected chi connectivity index (χ3v) is 3.29. The second-order valence-corrected chi connectivity index (χ2v) is 4.55. The van der Waals surface area contributed by atoms with E-state index < -0.39 is 0 Å². The molecule has 0 saturated carbocycles. The standard InChI is InChI=1S/C17H18O4/c1-11(18)12-5-7-13(8-6-12)14-9-15(19-2)17(21-4)16(10-14)20-3/h5-10H,1-4H3. The molecule has 0 heterocycles. The molecule has 0 aromatic heterocycles. The van der Waals surface area contributed by atoms with E-state index in [0.717, 1.165) is 11.1 Å². The fourth-order valence-electron chi connectivity index (χ4n) is 2.15. The van der Waals surface area contributed by atoms with Crippen LogP contribution in [0.4, 0.5) is 0 Å². The summed E-state index contributed by atoms with van der Waals surface area (Å²) >= 11 is 0. The van der Waals surface area contributed by atoms with Gasteiger partial charge in [0.05, 0.1) is 21.3 Å². The highest BCUT2D eigenvalue weighted by atomic mass is 16.5. The maximum atomic E-state index is 11.3. The topological polar surface area (TPSA) is 44.8 Å². The smallest absolute Gasteiger partial charge is 0.203 e. The molecule has 0 radical (unpaired) electrons. The van der Waals surface area contributed by atoms with Gasteiger partial charge in [-0.3, -0.25) is 4.79 Å². The van der Waals surface area contributed by atoms with Crippen molar-refractivity contribution in [1.82, 2.24) is 0 Å². The largest absolute Gasteiger partial charge is 0.493 e. The van der Waals surface area contributed by atoms with Gasteiger partial charge in [-0.25, -0.2) is 0 Å². The van der Waals surface area contributed by atoms with Gasteiger partial charge in [0.25, 0.3) is 0 Å². The second kappa shape index (κ2) is 6.31. The first-order chi connectivity index (χ1) is 10.1. The van der Waals surface area contributed by atoms with Crippen molar-refractivity contribution in [2.45, 2.75) is 6.92 Å². The van der Waals surface area contributed by atoms with Crippen LogP contribution in [0.5, 0.6) is 17.2 Å². The maximum Gasteiger partial charge on any atom is 0.203 e. The Hall–Kier alpha value is -2.49. The molecule has 0 saturated heterocycles. The summed E-state index contributed by atoms with van der Waals surface area (Å²) in [5, 5.41) is 0. The summed E-state index contributed by atoms with van der Waals surface area (Å²) in [6, 6.07) is 11.2. The van der Waals surface area contributed by atoms with Crippen molar-refractivity contribution in [3.8, 4) is 28.4 Å². The molecule has 21 heavy (non-hydrogen) atoms. The fraction of sp³-hybridized carbons (Fsp3) is 0.235. The van der Waals surface area contributed by atoms with Crippen molar-refractivity contribution in [3.05, 3.63) is 42.0 Å². The molecule has 4 heteroatoms. The number of ether oxygens (including phenoxy) is 3. The van der Waals surface area contributed by atoms with E-state index in [0.29, 0.717) is 22.8 Å². The summed E-state index contributed by atoms with van der Waals surface area (Å²) in [5.74, 6) is 1.81. The molecule has 0 aliphatic rings. The summed E-state index contributed by atoms with van der Waals surface area (Å²) < 4.78 is 16.0. The van der Waals surface area contributed by atoms with Gasteiger partial charge in [0.1, 0.15) is 0 Å². The van der Waals surface area contributed by atoms with E-state index in [4.69, 9.17) is 14.2 Å². The Morgan fingerprint density at radius 2 is 1.33 bits per heavy atom. The summed E-state index contributed by atoms with van der Waals surface area (Å²) in [5.41, 5.74) is 2.59. The summed E-state index contributed by atoms with van der Waals surface area (Å²) in [6.07, 6.45) is 0. The molecule has 2 aromatic rings. The Kier molecular flexibility index (Phi) is 4.48. The minimum Gasteiger partial charge on any atom is -0.493 e. The molecule has 0 aliphatic heterocycles. The third-order valence-electron chi connectivity index (χ3n) is 3.29. The van der Waals surface area contributed by atoms with Crippen LogP contribution >= 0.6 is 0 Å². The first-order valence-corrected chi connectivity index (χ1v) is 6.52. The molecule has 2 rings (SSSR count). The number of methoxy groups -OCH3 is 3. The minimum absolute atomic E-state index is 0.0476. The van der Waals surface area contributed by atoms with Gasteiger partial charge in [0.15, 0.2) is 17.3 Å². The summed E-state index contributed by atoms with van der Waals surface area (Å²) in [4.78, 5) is 11.3. The number of carbonyl (C=O) groups is 1. The Bertz CT molecular complexity index is 619. The van der Waals surface area contributed by atoms with Gasteiger partial charge in [-0.05, 0) is 30.2 Å². The zero-order chi connectivity index (χ0) is 15.4. The zero-order valence-corrected chi connectivity index (χ0v) is 12.6. The number of carbonyl (C=O) groups excluding carboxylic acids is 1.